The largest absolute Gasteiger partial charge is 0.303 e. The van der Waals surface area contributed by atoms with E-state index in [0.29, 0.717) is 36.4 Å². The number of carbonyl (C=O) groups excluding carboxylic acids is 2. The van der Waals surface area contributed by atoms with Crippen LogP contribution in [-0.2, 0) is 9.59 Å². The number of hydrogen-bond donors (Lipinski definition) is 0. The van der Waals surface area contributed by atoms with E-state index in [9.17, 15) is 9.59 Å². The van der Waals surface area contributed by atoms with Gasteiger partial charge in [-0.1, -0.05) is 31.1 Å². The van der Waals surface area contributed by atoms with Gasteiger partial charge in [0.1, 0.15) is 6.29 Å². The van der Waals surface area contributed by atoms with Crippen molar-refractivity contribution in [2.24, 2.45) is 28.6 Å². The number of hydrogen-bond acceptors (Lipinski definition) is 2. The molecule has 5 atom stereocenters. The molecule has 2 heteroatoms. The molecule has 1 fully saturated rings. The summed E-state index contributed by atoms with van der Waals surface area (Å²) in [5.41, 5.74) is 6.90. The Labute approximate surface area is 150 Å². The van der Waals surface area contributed by atoms with Crippen LogP contribution >= 0.6 is 0 Å². The van der Waals surface area contributed by atoms with E-state index in [1.54, 1.807) is 16.7 Å². The zero-order chi connectivity index (χ0) is 17.4. The molecule has 132 valence electrons. The van der Waals surface area contributed by atoms with Gasteiger partial charge in [-0.05, 0) is 78.9 Å². The number of ketones is 1. The normalized spacial score (nSPS) is 44.2. The van der Waals surface area contributed by atoms with Gasteiger partial charge in [-0.2, -0.15) is 0 Å². The zero-order valence-electron chi connectivity index (χ0n) is 15.4. The first-order valence-electron chi connectivity index (χ1n) is 10.1. The van der Waals surface area contributed by atoms with Crippen molar-refractivity contribution in [3.05, 3.63) is 34.4 Å². The van der Waals surface area contributed by atoms with Crippen molar-refractivity contribution in [1.82, 2.24) is 0 Å². The summed E-state index contributed by atoms with van der Waals surface area (Å²) >= 11 is 0. The molecule has 5 rings (SSSR count). The van der Waals surface area contributed by atoms with Gasteiger partial charge in [0.05, 0.1) is 0 Å². The topological polar surface area (TPSA) is 34.1 Å². The maximum absolute atomic E-state index is 12.0. The molecule has 0 amide bonds. The lowest BCUT2D eigenvalue weighted by Gasteiger charge is -2.47. The Morgan fingerprint density at radius 3 is 2.88 bits per heavy atom. The Hall–Kier alpha value is -1.44. The zero-order valence-corrected chi connectivity index (χ0v) is 15.4. The van der Waals surface area contributed by atoms with Crippen LogP contribution in [0.4, 0.5) is 0 Å². The Kier molecular flexibility index (Phi) is 3.19. The fourth-order valence-electron chi connectivity index (χ4n) is 6.70. The number of fused-ring (bicyclic) bond motifs is 7. The fourth-order valence-corrected chi connectivity index (χ4v) is 6.70. The third kappa shape index (κ3) is 2.03. The highest BCUT2D eigenvalue weighted by Gasteiger charge is 2.59. The number of allylic oxidation sites excluding steroid dienone is 6. The first-order chi connectivity index (χ1) is 12.0. The van der Waals surface area contributed by atoms with Crippen LogP contribution in [0.5, 0.6) is 0 Å². The number of rotatable bonds is 3. The molecule has 0 heterocycles. The second-order valence-electron chi connectivity index (χ2n) is 9.55. The maximum atomic E-state index is 12.0. The summed E-state index contributed by atoms with van der Waals surface area (Å²) in [5, 5.41) is 0. The van der Waals surface area contributed by atoms with Crippen LogP contribution in [0, 0.1) is 28.6 Å². The molecule has 25 heavy (non-hydrogen) atoms. The van der Waals surface area contributed by atoms with Crippen molar-refractivity contribution >= 4 is 12.1 Å². The lowest BCUT2D eigenvalue weighted by Crippen LogP contribution is -2.37. The molecule has 5 aliphatic carbocycles. The third-order valence-electron chi connectivity index (χ3n) is 8.21. The van der Waals surface area contributed by atoms with Crippen LogP contribution in [-0.4, -0.2) is 12.1 Å². The lowest BCUT2D eigenvalue weighted by molar-refractivity contribution is -0.115. The molecule has 0 radical (unpaired) electrons. The van der Waals surface area contributed by atoms with Gasteiger partial charge in [0.2, 0.25) is 0 Å². The minimum atomic E-state index is 0.147. The summed E-state index contributed by atoms with van der Waals surface area (Å²) in [6, 6.07) is 0. The molecule has 0 aliphatic heterocycles. The molecule has 0 N–H and O–H groups in total. The number of carbonyl (C=O) groups is 2. The van der Waals surface area contributed by atoms with Crippen LogP contribution < -0.4 is 0 Å². The first kappa shape index (κ1) is 15.8. The van der Waals surface area contributed by atoms with Crippen molar-refractivity contribution in [3.63, 3.8) is 0 Å². The van der Waals surface area contributed by atoms with Crippen LogP contribution in [0.15, 0.2) is 34.4 Å². The molecule has 4 unspecified atom stereocenters. The molecule has 0 bridgehead atoms. The van der Waals surface area contributed by atoms with Crippen molar-refractivity contribution in [1.29, 1.82) is 0 Å². The Morgan fingerprint density at radius 2 is 2.08 bits per heavy atom. The first-order valence-corrected chi connectivity index (χ1v) is 10.1. The van der Waals surface area contributed by atoms with Crippen molar-refractivity contribution in [3.8, 4) is 0 Å². The van der Waals surface area contributed by atoms with E-state index < -0.39 is 0 Å². The summed E-state index contributed by atoms with van der Waals surface area (Å²) in [7, 11) is 0. The Bertz CT molecular complexity index is 767. The SMILES string of the molecule is CC12CCC(=O)C=C1C1CC1C1=C2CCC2C1=CC[C@@]2(C)CCC=O. The quantitative estimate of drug-likeness (QED) is 0.683. The molecule has 5 aliphatic rings. The van der Waals surface area contributed by atoms with Crippen molar-refractivity contribution in [2.75, 3.05) is 0 Å². The monoisotopic (exact) mass is 336 g/mol. The van der Waals surface area contributed by atoms with Gasteiger partial charge in [0.15, 0.2) is 5.78 Å². The summed E-state index contributed by atoms with van der Waals surface area (Å²) < 4.78 is 0. The van der Waals surface area contributed by atoms with E-state index in [1.807, 2.05) is 6.08 Å². The molecule has 0 aromatic rings. The average molecular weight is 336 g/mol. The highest BCUT2D eigenvalue weighted by Crippen LogP contribution is 2.69. The summed E-state index contributed by atoms with van der Waals surface area (Å²) in [6.45, 7) is 4.81. The average Bonchev–Trinajstić information content (AvgIpc) is 3.33. The van der Waals surface area contributed by atoms with E-state index in [0.717, 1.165) is 25.5 Å². The van der Waals surface area contributed by atoms with Crippen LogP contribution in [0.25, 0.3) is 0 Å². The molecular weight excluding hydrogens is 308 g/mol. The standard InChI is InChI=1S/C23H28O2/c1-22(8-3-11-24)9-7-15-18(22)4-5-19-21(15)17-13-16(17)20-12-14(25)6-10-23(19,20)2/h7,11-12,16-18H,3-6,8-10,13H2,1-2H3/t16?,17?,18?,22-,23?/m1/s1. The van der Waals surface area contributed by atoms with Crippen molar-refractivity contribution in [2.45, 2.75) is 65.2 Å². The minimum Gasteiger partial charge on any atom is -0.303 e. The van der Waals surface area contributed by atoms with Crippen LogP contribution in [0.3, 0.4) is 0 Å². The van der Waals surface area contributed by atoms with E-state index in [4.69, 9.17) is 0 Å². The van der Waals surface area contributed by atoms with Crippen LogP contribution in [0.1, 0.15) is 65.2 Å². The third-order valence-corrected chi connectivity index (χ3v) is 8.21. The lowest BCUT2D eigenvalue weighted by atomic mass is 9.56. The molecule has 0 aromatic carbocycles. The smallest absolute Gasteiger partial charge is 0.155 e. The second-order valence-corrected chi connectivity index (χ2v) is 9.55. The van der Waals surface area contributed by atoms with Crippen molar-refractivity contribution < 1.29 is 9.59 Å². The van der Waals surface area contributed by atoms with Crippen LogP contribution in [0.2, 0.25) is 0 Å². The van der Waals surface area contributed by atoms with E-state index in [2.05, 4.69) is 19.9 Å². The van der Waals surface area contributed by atoms with E-state index in [1.165, 1.54) is 24.8 Å². The molecule has 0 spiro atoms. The van der Waals surface area contributed by atoms with Gasteiger partial charge in [-0.25, -0.2) is 0 Å². The van der Waals surface area contributed by atoms with Gasteiger partial charge < -0.3 is 4.79 Å². The fraction of sp³-hybridized carbons (Fsp3) is 0.652. The van der Waals surface area contributed by atoms with Gasteiger partial charge in [-0.15, -0.1) is 0 Å². The van der Waals surface area contributed by atoms with Gasteiger partial charge in [-0.3, -0.25) is 4.79 Å². The molecule has 0 aromatic heterocycles. The van der Waals surface area contributed by atoms with Gasteiger partial charge in [0.25, 0.3) is 0 Å². The number of aldehydes is 1. The summed E-state index contributed by atoms with van der Waals surface area (Å²) in [6.07, 6.45) is 13.9. The highest BCUT2D eigenvalue weighted by molar-refractivity contribution is 5.92. The van der Waals surface area contributed by atoms with Gasteiger partial charge >= 0.3 is 0 Å². The van der Waals surface area contributed by atoms with Gasteiger partial charge in [0, 0.05) is 18.3 Å². The van der Waals surface area contributed by atoms with E-state index >= 15 is 0 Å². The second kappa shape index (κ2) is 5.05. The Morgan fingerprint density at radius 1 is 1.24 bits per heavy atom. The highest BCUT2D eigenvalue weighted by atomic mass is 16.1. The minimum absolute atomic E-state index is 0.147. The summed E-state index contributed by atoms with van der Waals surface area (Å²) in [5.74, 6) is 2.31. The molecule has 0 saturated heterocycles. The summed E-state index contributed by atoms with van der Waals surface area (Å²) in [4.78, 5) is 22.9. The maximum Gasteiger partial charge on any atom is 0.155 e. The van der Waals surface area contributed by atoms with E-state index in [-0.39, 0.29) is 10.8 Å². The molecule has 2 nitrogen and oxygen atoms in total. The molecular formula is C23H28O2. The predicted octanol–water partition coefficient (Wildman–Crippen LogP) is 4.95. The Balaban J connectivity index is 1.56. The molecule has 1 saturated carbocycles. The predicted molar refractivity (Wildman–Crippen MR) is 97.9 cm³/mol.